The van der Waals surface area contributed by atoms with Crippen LogP contribution in [-0.4, -0.2) is 21.3 Å². The molecule has 0 heterocycles. The molecule has 112 valence electrons. The van der Waals surface area contributed by atoms with Crippen LogP contribution in [0.1, 0.15) is 5.56 Å². The van der Waals surface area contributed by atoms with Gasteiger partial charge in [0.15, 0.2) is 11.5 Å². The Morgan fingerprint density at radius 1 is 0.857 bits per heavy atom. The number of hydrogen-bond acceptors (Lipinski definition) is 4. The topological polar surface area (TPSA) is 39.7 Å². The number of benzene rings is 2. The quantitative estimate of drug-likeness (QED) is 0.876. The van der Waals surface area contributed by atoms with E-state index in [2.05, 4.69) is 5.32 Å². The Labute approximate surface area is 129 Å². The fourth-order valence-corrected chi connectivity index (χ4v) is 2.25. The first kappa shape index (κ1) is 15.3. The fraction of sp³-hybridized carbons (Fsp3) is 0.250. The van der Waals surface area contributed by atoms with Gasteiger partial charge in [0.05, 0.1) is 26.4 Å². The highest BCUT2D eigenvalue weighted by atomic mass is 35.5. The van der Waals surface area contributed by atoms with E-state index >= 15 is 0 Å². The number of rotatable bonds is 6. The van der Waals surface area contributed by atoms with Crippen LogP contribution >= 0.6 is 11.6 Å². The maximum Gasteiger partial charge on any atom is 0.162 e. The average molecular weight is 308 g/mol. The molecular weight excluding hydrogens is 290 g/mol. The van der Waals surface area contributed by atoms with Crippen molar-refractivity contribution in [2.24, 2.45) is 0 Å². The first-order valence-electron chi connectivity index (χ1n) is 6.46. The summed E-state index contributed by atoms with van der Waals surface area (Å²) in [6, 6.07) is 11.4. The highest BCUT2D eigenvalue weighted by Crippen LogP contribution is 2.30. The first-order valence-corrected chi connectivity index (χ1v) is 6.84. The van der Waals surface area contributed by atoms with Crippen LogP contribution in [0.5, 0.6) is 17.2 Å². The third-order valence-electron chi connectivity index (χ3n) is 3.10. The van der Waals surface area contributed by atoms with Crippen LogP contribution in [0.4, 0.5) is 5.69 Å². The molecule has 0 atom stereocenters. The van der Waals surface area contributed by atoms with E-state index in [4.69, 9.17) is 25.8 Å². The van der Waals surface area contributed by atoms with Crippen molar-refractivity contribution in [2.45, 2.75) is 6.54 Å². The van der Waals surface area contributed by atoms with E-state index in [1.807, 2.05) is 36.4 Å². The van der Waals surface area contributed by atoms with Crippen LogP contribution in [0.3, 0.4) is 0 Å². The standard InChI is InChI=1S/C16H18ClNO3/c1-19-14-6-4-11(8-13(14)17)10-18-12-5-7-15(20-2)16(9-12)21-3/h4-9,18H,10H2,1-3H3. The van der Waals surface area contributed by atoms with Gasteiger partial charge in [-0.15, -0.1) is 0 Å². The summed E-state index contributed by atoms with van der Waals surface area (Å²) in [5.41, 5.74) is 2.01. The van der Waals surface area contributed by atoms with Gasteiger partial charge in [0.25, 0.3) is 0 Å². The third-order valence-corrected chi connectivity index (χ3v) is 3.39. The predicted molar refractivity (Wildman–Crippen MR) is 84.9 cm³/mol. The van der Waals surface area contributed by atoms with Gasteiger partial charge in [-0.3, -0.25) is 0 Å². The molecule has 2 aromatic rings. The van der Waals surface area contributed by atoms with E-state index < -0.39 is 0 Å². The van der Waals surface area contributed by atoms with Gasteiger partial charge >= 0.3 is 0 Å². The minimum Gasteiger partial charge on any atom is -0.495 e. The Balaban J connectivity index is 2.07. The summed E-state index contributed by atoms with van der Waals surface area (Å²) in [5.74, 6) is 2.07. The van der Waals surface area contributed by atoms with Crippen molar-refractivity contribution in [3.8, 4) is 17.2 Å². The molecule has 0 unspecified atom stereocenters. The number of anilines is 1. The molecule has 0 fully saturated rings. The maximum atomic E-state index is 6.11. The second-order valence-corrected chi connectivity index (χ2v) is 4.80. The number of hydrogen-bond donors (Lipinski definition) is 1. The summed E-state index contributed by atoms with van der Waals surface area (Å²) in [6.45, 7) is 0.652. The molecule has 0 aliphatic carbocycles. The fourth-order valence-electron chi connectivity index (χ4n) is 1.97. The molecule has 0 aromatic heterocycles. The summed E-state index contributed by atoms with van der Waals surface area (Å²) in [7, 11) is 4.83. The molecule has 21 heavy (non-hydrogen) atoms. The molecule has 0 aliphatic heterocycles. The average Bonchev–Trinajstić information content (AvgIpc) is 2.52. The van der Waals surface area contributed by atoms with Gasteiger partial charge in [-0.05, 0) is 29.8 Å². The molecule has 0 saturated carbocycles. The molecule has 5 heteroatoms. The van der Waals surface area contributed by atoms with Crippen molar-refractivity contribution in [3.05, 3.63) is 47.0 Å². The molecule has 1 N–H and O–H groups in total. The summed E-state index contributed by atoms with van der Waals surface area (Å²) >= 11 is 6.11. The van der Waals surface area contributed by atoms with Gasteiger partial charge in [0, 0.05) is 18.3 Å². The summed E-state index contributed by atoms with van der Waals surface area (Å²) in [5, 5.41) is 3.92. The van der Waals surface area contributed by atoms with Crippen LogP contribution in [0.15, 0.2) is 36.4 Å². The van der Waals surface area contributed by atoms with Crippen molar-refractivity contribution < 1.29 is 14.2 Å². The van der Waals surface area contributed by atoms with Crippen LogP contribution in [0, 0.1) is 0 Å². The summed E-state index contributed by atoms with van der Waals surface area (Å²) in [4.78, 5) is 0. The second kappa shape index (κ2) is 7.09. The van der Waals surface area contributed by atoms with E-state index in [1.54, 1.807) is 21.3 Å². The predicted octanol–water partition coefficient (Wildman–Crippen LogP) is 3.98. The zero-order valence-electron chi connectivity index (χ0n) is 12.3. The van der Waals surface area contributed by atoms with Gasteiger partial charge < -0.3 is 19.5 Å². The third kappa shape index (κ3) is 3.73. The Morgan fingerprint density at radius 3 is 2.14 bits per heavy atom. The SMILES string of the molecule is COc1ccc(CNc2ccc(OC)c(OC)c2)cc1Cl. The van der Waals surface area contributed by atoms with Crippen molar-refractivity contribution in [1.82, 2.24) is 0 Å². The Hall–Kier alpha value is -2.07. The zero-order valence-corrected chi connectivity index (χ0v) is 13.0. The maximum absolute atomic E-state index is 6.11. The van der Waals surface area contributed by atoms with E-state index in [-0.39, 0.29) is 0 Å². The van der Waals surface area contributed by atoms with Gasteiger partial charge in [0.2, 0.25) is 0 Å². The molecular formula is C16H18ClNO3. The van der Waals surface area contributed by atoms with E-state index in [0.717, 1.165) is 11.3 Å². The van der Waals surface area contributed by atoms with Crippen molar-refractivity contribution >= 4 is 17.3 Å². The van der Waals surface area contributed by atoms with E-state index in [9.17, 15) is 0 Å². The Morgan fingerprint density at radius 2 is 1.52 bits per heavy atom. The largest absolute Gasteiger partial charge is 0.495 e. The van der Waals surface area contributed by atoms with Crippen LogP contribution in [0.25, 0.3) is 0 Å². The lowest BCUT2D eigenvalue weighted by Gasteiger charge is -2.12. The number of halogens is 1. The van der Waals surface area contributed by atoms with Crippen LogP contribution < -0.4 is 19.5 Å². The van der Waals surface area contributed by atoms with Crippen molar-refractivity contribution in [3.63, 3.8) is 0 Å². The molecule has 0 radical (unpaired) electrons. The highest BCUT2D eigenvalue weighted by molar-refractivity contribution is 6.32. The molecule has 0 spiro atoms. The normalized spacial score (nSPS) is 10.1. The second-order valence-electron chi connectivity index (χ2n) is 4.39. The van der Waals surface area contributed by atoms with Crippen LogP contribution in [0.2, 0.25) is 5.02 Å². The van der Waals surface area contributed by atoms with Gasteiger partial charge in [0.1, 0.15) is 5.75 Å². The van der Waals surface area contributed by atoms with Gasteiger partial charge in [-0.1, -0.05) is 17.7 Å². The molecule has 4 nitrogen and oxygen atoms in total. The first-order chi connectivity index (χ1) is 10.2. The molecule has 0 aliphatic rings. The lowest BCUT2D eigenvalue weighted by molar-refractivity contribution is 0.355. The number of ether oxygens (including phenoxy) is 3. The molecule has 2 aromatic carbocycles. The minimum absolute atomic E-state index is 0.601. The lowest BCUT2D eigenvalue weighted by atomic mass is 10.2. The molecule has 2 rings (SSSR count). The Bertz CT molecular complexity index is 616. The zero-order chi connectivity index (χ0) is 15.2. The molecule has 0 saturated heterocycles. The van der Waals surface area contributed by atoms with Crippen molar-refractivity contribution in [1.29, 1.82) is 0 Å². The summed E-state index contributed by atoms with van der Waals surface area (Å²) in [6.07, 6.45) is 0. The van der Waals surface area contributed by atoms with Crippen LogP contribution in [-0.2, 0) is 6.54 Å². The van der Waals surface area contributed by atoms with E-state index in [0.29, 0.717) is 28.8 Å². The number of methoxy groups -OCH3 is 3. The van der Waals surface area contributed by atoms with E-state index in [1.165, 1.54) is 0 Å². The molecule has 0 bridgehead atoms. The summed E-state index contributed by atoms with van der Waals surface area (Å²) < 4.78 is 15.6. The lowest BCUT2D eigenvalue weighted by Crippen LogP contribution is -2.00. The highest BCUT2D eigenvalue weighted by Gasteiger charge is 2.05. The smallest absolute Gasteiger partial charge is 0.162 e. The molecule has 0 amide bonds. The van der Waals surface area contributed by atoms with Crippen molar-refractivity contribution in [2.75, 3.05) is 26.6 Å². The van der Waals surface area contributed by atoms with Gasteiger partial charge in [-0.25, -0.2) is 0 Å². The number of nitrogens with one attached hydrogen (secondary N) is 1. The minimum atomic E-state index is 0.601. The monoisotopic (exact) mass is 307 g/mol. The van der Waals surface area contributed by atoms with Gasteiger partial charge in [-0.2, -0.15) is 0 Å². The Kier molecular flexibility index (Phi) is 5.17.